The zero-order valence-electron chi connectivity index (χ0n) is 29.2. The minimum Gasteiger partial charge on any atom is -0.458 e. The topological polar surface area (TPSA) is 153 Å². The number of carbonyl (C=O) groups is 3. The molecule has 13 heteroatoms. The van der Waals surface area contributed by atoms with Gasteiger partial charge in [0.05, 0.1) is 36.2 Å². The van der Waals surface area contributed by atoms with Gasteiger partial charge in [0.25, 0.3) is 10.1 Å². The van der Waals surface area contributed by atoms with E-state index in [1.165, 1.54) is 26.2 Å². The average Bonchev–Trinajstić information content (AvgIpc) is 3.34. The molecule has 9 atom stereocenters. The molecule has 1 N–H and O–H groups in total. The highest BCUT2D eigenvalue weighted by molar-refractivity contribution is 7.86. The summed E-state index contributed by atoms with van der Waals surface area (Å²) in [4.78, 5) is 40.0. The second kappa shape index (κ2) is 16.3. The second-order valence-electron chi connectivity index (χ2n) is 13.5. The lowest BCUT2D eigenvalue weighted by molar-refractivity contribution is -0.198. The van der Waals surface area contributed by atoms with Crippen molar-refractivity contribution >= 4 is 27.8 Å². The highest BCUT2D eigenvalue weighted by Gasteiger charge is 2.55. The van der Waals surface area contributed by atoms with Crippen LogP contribution in [0.15, 0.2) is 29.2 Å². The van der Waals surface area contributed by atoms with E-state index in [-0.39, 0.29) is 55.2 Å². The summed E-state index contributed by atoms with van der Waals surface area (Å²) in [7, 11) is -2.56. The smallest absolute Gasteiger partial charge is 0.316 e. The van der Waals surface area contributed by atoms with Gasteiger partial charge in [-0.05, 0) is 72.1 Å². The first-order valence-corrected chi connectivity index (χ1v) is 17.8. The number of benzene rings is 1. The van der Waals surface area contributed by atoms with Crippen molar-refractivity contribution in [2.45, 2.75) is 109 Å². The van der Waals surface area contributed by atoms with E-state index < -0.39 is 57.1 Å². The molecule has 0 spiro atoms. The van der Waals surface area contributed by atoms with Gasteiger partial charge in [0.2, 0.25) is 0 Å². The van der Waals surface area contributed by atoms with Crippen LogP contribution < -0.4 is 5.32 Å². The van der Waals surface area contributed by atoms with E-state index in [1.807, 2.05) is 27.7 Å². The number of methoxy groups -OCH3 is 1. The fourth-order valence-corrected chi connectivity index (χ4v) is 7.86. The number of hydrogen-bond acceptors (Lipinski definition) is 12. The maximum Gasteiger partial charge on any atom is 0.316 e. The van der Waals surface area contributed by atoms with E-state index in [1.54, 1.807) is 32.9 Å². The number of fused-ring (bicyclic) bond motifs is 1. The van der Waals surface area contributed by atoms with Crippen LogP contribution in [0.1, 0.15) is 73.3 Å². The molecule has 2 aliphatic heterocycles. The minimum absolute atomic E-state index is 0.0363. The molecule has 12 nitrogen and oxygen atoms in total. The summed E-state index contributed by atoms with van der Waals surface area (Å²) in [6, 6.07) is 6.16. The summed E-state index contributed by atoms with van der Waals surface area (Å²) >= 11 is 0. The van der Waals surface area contributed by atoms with Gasteiger partial charge in [0.1, 0.15) is 18.8 Å². The summed E-state index contributed by atoms with van der Waals surface area (Å²) in [5.41, 5.74) is -1.31. The number of rotatable bonds is 10. The summed E-state index contributed by atoms with van der Waals surface area (Å²) in [6.45, 7) is 14.4. The highest BCUT2D eigenvalue weighted by atomic mass is 32.2. The third-order valence-corrected chi connectivity index (χ3v) is 10.9. The third kappa shape index (κ3) is 9.39. The number of ketones is 1. The number of Topliss-reactive ketones (excluding diaryl/α,β-unsaturated/α-hetero) is 1. The molecule has 0 amide bonds. The van der Waals surface area contributed by atoms with Crippen molar-refractivity contribution < 1.29 is 50.7 Å². The molecule has 47 heavy (non-hydrogen) atoms. The number of hydrogen-bond donors (Lipinski definition) is 1. The monoisotopic (exact) mass is 683 g/mol. The third-order valence-electron chi connectivity index (χ3n) is 9.58. The van der Waals surface area contributed by atoms with Crippen molar-refractivity contribution in [2.75, 3.05) is 33.7 Å². The standard InChI is InChI=1S/C34H53NO11S/c1-10-28-34(8)27(17-29(36)46-34)25(6)35-19-22(3)18-33(7,31(42-20-41-9)23(4)30(37)24(5)32(38)45-28)43-15-16-44-47(39,40)26-13-11-21(2)12-14-26/h11-14,22-25,27-28,31,35H,10,15-20H2,1-9H3/t22-,23+,24-,25-,27-,28-,31-,33-,34+/m1/s1. The van der Waals surface area contributed by atoms with Gasteiger partial charge >= 0.3 is 11.9 Å². The van der Waals surface area contributed by atoms with Crippen LogP contribution in [0.3, 0.4) is 0 Å². The Morgan fingerprint density at radius 3 is 2.30 bits per heavy atom. The van der Waals surface area contributed by atoms with Gasteiger partial charge in [-0.15, -0.1) is 0 Å². The lowest BCUT2D eigenvalue weighted by Gasteiger charge is -2.42. The molecule has 266 valence electrons. The highest BCUT2D eigenvalue weighted by Crippen LogP contribution is 2.41. The van der Waals surface area contributed by atoms with Crippen molar-refractivity contribution in [1.82, 2.24) is 5.32 Å². The summed E-state index contributed by atoms with van der Waals surface area (Å²) in [5, 5.41) is 3.54. The normalized spacial score (nSPS) is 34.6. The average molecular weight is 684 g/mol. The molecular formula is C34H53NO11S. The van der Waals surface area contributed by atoms with Crippen LogP contribution in [-0.4, -0.2) is 89.3 Å². The molecule has 2 saturated heterocycles. The molecule has 2 fully saturated rings. The molecule has 0 saturated carbocycles. The molecule has 2 heterocycles. The van der Waals surface area contributed by atoms with Crippen molar-refractivity contribution in [3.05, 3.63) is 29.8 Å². The SMILES string of the molecule is CC[C@H]1OC(=O)[C@H](C)C(=O)[C@H](C)[C@@H](OCOC)[C@](C)(OCCOS(=O)(=O)c2ccc(C)cc2)C[C@@H](C)CN[C@H](C)[C@H]2CC(=O)O[C@@]21C. The zero-order chi connectivity index (χ0) is 35.2. The molecule has 3 rings (SSSR count). The fourth-order valence-electron chi connectivity index (χ4n) is 6.96. The largest absolute Gasteiger partial charge is 0.458 e. The van der Waals surface area contributed by atoms with E-state index in [2.05, 4.69) is 5.32 Å². The minimum atomic E-state index is -4.02. The van der Waals surface area contributed by atoms with E-state index in [0.29, 0.717) is 19.4 Å². The van der Waals surface area contributed by atoms with E-state index >= 15 is 0 Å². The molecule has 1 aromatic carbocycles. The summed E-state index contributed by atoms with van der Waals surface area (Å²) in [6.07, 6.45) is -0.702. The van der Waals surface area contributed by atoms with E-state index in [4.69, 9.17) is 27.9 Å². The molecule has 0 radical (unpaired) electrons. The van der Waals surface area contributed by atoms with Gasteiger partial charge in [0.15, 0.2) is 11.4 Å². The Labute approximate surface area is 279 Å². The predicted octanol–water partition coefficient (Wildman–Crippen LogP) is 3.97. The fraction of sp³-hybridized carbons (Fsp3) is 0.735. The maximum absolute atomic E-state index is 13.9. The van der Waals surface area contributed by atoms with Crippen molar-refractivity contribution in [3.8, 4) is 0 Å². The Kier molecular flexibility index (Phi) is 13.6. The predicted molar refractivity (Wildman–Crippen MR) is 173 cm³/mol. The molecule has 0 aromatic heterocycles. The van der Waals surface area contributed by atoms with Crippen LogP contribution in [0.4, 0.5) is 0 Å². The first kappa shape index (κ1) is 39.0. The van der Waals surface area contributed by atoms with Gasteiger partial charge in [-0.25, -0.2) is 0 Å². The molecule has 0 unspecified atom stereocenters. The van der Waals surface area contributed by atoms with Crippen LogP contribution in [0.2, 0.25) is 0 Å². The zero-order valence-corrected chi connectivity index (χ0v) is 30.0. The number of ether oxygens (including phenoxy) is 5. The van der Waals surface area contributed by atoms with Crippen LogP contribution >= 0.6 is 0 Å². The molecule has 0 aliphatic carbocycles. The van der Waals surface area contributed by atoms with Gasteiger partial charge in [-0.3, -0.25) is 18.6 Å². The first-order valence-electron chi connectivity index (χ1n) is 16.4. The van der Waals surface area contributed by atoms with Crippen LogP contribution in [0, 0.1) is 30.6 Å². The number of nitrogens with one attached hydrogen (secondary N) is 1. The number of aryl methyl sites for hydroxylation is 1. The Morgan fingerprint density at radius 1 is 1.02 bits per heavy atom. The molecule has 1 aromatic rings. The second-order valence-corrected chi connectivity index (χ2v) is 15.1. The molecule has 0 bridgehead atoms. The number of cyclic esters (lactones) is 1. The van der Waals surface area contributed by atoms with Gasteiger partial charge in [-0.2, -0.15) is 8.42 Å². The summed E-state index contributed by atoms with van der Waals surface area (Å²) in [5.74, 6) is -3.84. The van der Waals surface area contributed by atoms with Crippen LogP contribution in [0.5, 0.6) is 0 Å². The lowest BCUT2D eigenvalue weighted by Crippen LogP contribution is -2.53. The Bertz CT molecular complexity index is 1340. The van der Waals surface area contributed by atoms with Gasteiger partial charge in [-0.1, -0.05) is 38.5 Å². The van der Waals surface area contributed by atoms with Crippen molar-refractivity contribution in [3.63, 3.8) is 0 Å². The quantitative estimate of drug-likeness (QED) is 0.125. The van der Waals surface area contributed by atoms with Crippen molar-refractivity contribution in [1.29, 1.82) is 0 Å². The van der Waals surface area contributed by atoms with E-state index in [0.717, 1.165) is 5.56 Å². The van der Waals surface area contributed by atoms with Crippen LogP contribution in [0.25, 0.3) is 0 Å². The van der Waals surface area contributed by atoms with Gasteiger partial charge in [0, 0.05) is 25.0 Å². The summed E-state index contributed by atoms with van der Waals surface area (Å²) < 4.78 is 60.4. The lowest BCUT2D eigenvalue weighted by atomic mass is 9.78. The maximum atomic E-state index is 13.9. The number of esters is 2. The molecule has 2 aliphatic rings. The Hall–Kier alpha value is -2.42. The number of carbonyl (C=O) groups excluding carboxylic acids is 3. The van der Waals surface area contributed by atoms with Crippen LogP contribution in [-0.2, 0) is 52.4 Å². The Balaban J connectivity index is 1.92. The first-order chi connectivity index (χ1) is 22.0. The Morgan fingerprint density at radius 2 is 1.68 bits per heavy atom. The molecular weight excluding hydrogens is 630 g/mol. The van der Waals surface area contributed by atoms with E-state index in [9.17, 15) is 22.8 Å². The van der Waals surface area contributed by atoms with Crippen molar-refractivity contribution in [2.24, 2.45) is 23.7 Å². The van der Waals surface area contributed by atoms with Gasteiger partial charge < -0.3 is 29.0 Å².